The summed E-state index contributed by atoms with van der Waals surface area (Å²) in [5.74, 6) is 0. The van der Waals surface area contributed by atoms with Crippen LogP contribution in [0.2, 0.25) is 0 Å². The van der Waals surface area contributed by atoms with E-state index in [1.807, 2.05) is 0 Å². The molecule has 0 spiro atoms. The molecule has 0 radical (unpaired) electrons. The molecule has 0 saturated carbocycles. The van der Waals surface area contributed by atoms with Crippen molar-refractivity contribution < 1.29 is 4.74 Å². The summed E-state index contributed by atoms with van der Waals surface area (Å²) in [4.78, 5) is 29.1. The Balaban J connectivity index is 1.45. The minimum Gasteiger partial charge on any atom is -0.373 e. The van der Waals surface area contributed by atoms with Crippen LogP contribution in [-0.2, 0) is 25.4 Å². The van der Waals surface area contributed by atoms with Gasteiger partial charge < -0.3 is 9.30 Å². The van der Waals surface area contributed by atoms with Crippen molar-refractivity contribution in [1.29, 1.82) is 0 Å². The molecular formula is C18H28N4O3. The zero-order valence-corrected chi connectivity index (χ0v) is 15.2. The van der Waals surface area contributed by atoms with E-state index in [4.69, 9.17) is 4.74 Å². The van der Waals surface area contributed by atoms with Crippen LogP contribution >= 0.6 is 0 Å². The molecule has 1 fully saturated rings. The van der Waals surface area contributed by atoms with E-state index in [2.05, 4.69) is 4.98 Å². The quantitative estimate of drug-likeness (QED) is 0.486. The lowest BCUT2D eigenvalue weighted by Crippen LogP contribution is -2.39. The molecule has 0 aromatic carbocycles. The van der Waals surface area contributed by atoms with Crippen molar-refractivity contribution in [2.75, 3.05) is 6.61 Å². The second kappa shape index (κ2) is 7.99. The summed E-state index contributed by atoms with van der Waals surface area (Å²) in [6, 6.07) is 0. The fourth-order valence-corrected chi connectivity index (χ4v) is 3.35. The third-order valence-electron chi connectivity index (χ3n) is 5.01. The summed E-state index contributed by atoms with van der Waals surface area (Å²) in [6.45, 7) is 1.44. The fourth-order valence-electron chi connectivity index (χ4n) is 3.35. The molecule has 1 aliphatic rings. The Morgan fingerprint density at radius 1 is 1.08 bits per heavy atom. The number of unbranched alkanes of at least 4 members (excludes halogenated alkanes) is 6. The Hall–Kier alpha value is -1.89. The van der Waals surface area contributed by atoms with Crippen LogP contribution in [0.25, 0.3) is 11.2 Å². The van der Waals surface area contributed by atoms with Gasteiger partial charge in [0, 0.05) is 20.6 Å². The van der Waals surface area contributed by atoms with Gasteiger partial charge in [-0.25, -0.2) is 9.78 Å². The lowest BCUT2D eigenvalue weighted by molar-refractivity contribution is 0.387. The number of hydrogen-bond donors (Lipinski definition) is 0. The van der Waals surface area contributed by atoms with Crippen molar-refractivity contribution in [2.24, 2.45) is 14.1 Å². The summed E-state index contributed by atoms with van der Waals surface area (Å²) < 4.78 is 9.69. The van der Waals surface area contributed by atoms with Crippen LogP contribution in [0.15, 0.2) is 15.9 Å². The topological polar surface area (TPSA) is 74.3 Å². The molecule has 25 heavy (non-hydrogen) atoms. The zero-order chi connectivity index (χ0) is 17.8. The van der Waals surface area contributed by atoms with Crippen LogP contribution in [0.3, 0.4) is 0 Å². The maximum Gasteiger partial charge on any atom is 0.332 e. The van der Waals surface area contributed by atoms with E-state index in [0.29, 0.717) is 23.8 Å². The highest BCUT2D eigenvalue weighted by Gasteiger charge is 2.20. The van der Waals surface area contributed by atoms with Crippen LogP contribution < -0.4 is 11.2 Å². The fraction of sp³-hybridized carbons (Fsp3) is 0.722. The van der Waals surface area contributed by atoms with Crippen molar-refractivity contribution in [3.8, 4) is 0 Å². The average molecular weight is 348 g/mol. The Bertz CT molecular complexity index is 829. The number of epoxide rings is 1. The standard InChI is InChI=1S/C18H28N4O3/c1-20-13-19-16-15(20)17(23)22(18(24)21(16)2)11-9-7-5-3-4-6-8-10-14-12-25-14/h13-14H,3-12H2,1-2H3. The second-order valence-corrected chi connectivity index (χ2v) is 7.04. The molecule has 138 valence electrons. The van der Waals surface area contributed by atoms with Gasteiger partial charge in [-0.05, 0) is 12.8 Å². The summed E-state index contributed by atoms with van der Waals surface area (Å²) in [5, 5.41) is 0. The predicted molar refractivity (Wildman–Crippen MR) is 96.9 cm³/mol. The third kappa shape index (κ3) is 4.21. The van der Waals surface area contributed by atoms with Crippen LogP contribution in [0.4, 0.5) is 0 Å². The van der Waals surface area contributed by atoms with Gasteiger partial charge in [0.25, 0.3) is 5.56 Å². The van der Waals surface area contributed by atoms with Gasteiger partial charge in [-0.1, -0.05) is 38.5 Å². The van der Waals surface area contributed by atoms with Crippen LogP contribution in [0.1, 0.15) is 51.4 Å². The van der Waals surface area contributed by atoms with Gasteiger partial charge in [-0.3, -0.25) is 13.9 Å². The molecule has 0 bridgehead atoms. The summed E-state index contributed by atoms with van der Waals surface area (Å²) in [5.41, 5.74) is 0.422. The van der Waals surface area contributed by atoms with E-state index in [0.717, 1.165) is 25.9 Å². The van der Waals surface area contributed by atoms with E-state index in [1.54, 1.807) is 25.0 Å². The number of imidazole rings is 1. The van der Waals surface area contributed by atoms with Crippen LogP contribution in [0.5, 0.6) is 0 Å². The number of aromatic nitrogens is 4. The van der Waals surface area contributed by atoms with Crippen molar-refractivity contribution in [3.63, 3.8) is 0 Å². The van der Waals surface area contributed by atoms with Gasteiger partial charge in [0.05, 0.1) is 19.0 Å². The van der Waals surface area contributed by atoms with Gasteiger partial charge >= 0.3 is 5.69 Å². The smallest absolute Gasteiger partial charge is 0.332 e. The first-order chi connectivity index (χ1) is 12.1. The molecule has 1 saturated heterocycles. The minimum absolute atomic E-state index is 0.236. The summed E-state index contributed by atoms with van der Waals surface area (Å²) >= 11 is 0. The number of fused-ring (bicyclic) bond motifs is 1. The van der Waals surface area contributed by atoms with Gasteiger partial charge in [-0.2, -0.15) is 0 Å². The van der Waals surface area contributed by atoms with Gasteiger partial charge in [0.1, 0.15) is 0 Å². The highest BCUT2D eigenvalue weighted by molar-refractivity contribution is 5.69. The molecule has 0 amide bonds. The van der Waals surface area contributed by atoms with E-state index in [-0.39, 0.29) is 11.2 Å². The monoisotopic (exact) mass is 348 g/mol. The maximum atomic E-state index is 12.6. The molecule has 7 heteroatoms. The van der Waals surface area contributed by atoms with Crippen LogP contribution in [0, 0.1) is 0 Å². The minimum atomic E-state index is -0.279. The first-order valence-electron chi connectivity index (χ1n) is 9.32. The zero-order valence-electron chi connectivity index (χ0n) is 15.2. The van der Waals surface area contributed by atoms with Crippen molar-refractivity contribution in [3.05, 3.63) is 27.2 Å². The third-order valence-corrected chi connectivity index (χ3v) is 5.01. The molecule has 2 aromatic rings. The number of hydrogen-bond acceptors (Lipinski definition) is 4. The van der Waals surface area contributed by atoms with Crippen molar-refractivity contribution >= 4 is 11.2 Å². The molecule has 2 aromatic heterocycles. The Kier molecular flexibility index (Phi) is 5.73. The van der Waals surface area contributed by atoms with Crippen LogP contribution in [-0.4, -0.2) is 31.4 Å². The Labute approximate surface area is 147 Å². The van der Waals surface area contributed by atoms with E-state index < -0.39 is 0 Å². The molecule has 7 nitrogen and oxygen atoms in total. The lowest BCUT2D eigenvalue weighted by Gasteiger charge is -2.08. The van der Waals surface area contributed by atoms with E-state index >= 15 is 0 Å². The molecule has 0 N–H and O–H groups in total. The first-order valence-corrected chi connectivity index (χ1v) is 9.32. The van der Waals surface area contributed by atoms with Crippen molar-refractivity contribution in [2.45, 2.75) is 64.0 Å². The number of ether oxygens (including phenoxy) is 1. The highest BCUT2D eigenvalue weighted by atomic mass is 16.6. The Morgan fingerprint density at radius 3 is 2.40 bits per heavy atom. The first kappa shape index (κ1) is 17.9. The highest BCUT2D eigenvalue weighted by Crippen LogP contribution is 2.18. The molecule has 1 aliphatic heterocycles. The van der Waals surface area contributed by atoms with Gasteiger partial charge in [-0.15, -0.1) is 0 Å². The molecule has 0 aliphatic carbocycles. The summed E-state index contributed by atoms with van der Waals surface area (Å²) in [6.07, 6.45) is 11.4. The van der Waals surface area contributed by atoms with E-state index in [9.17, 15) is 9.59 Å². The lowest BCUT2D eigenvalue weighted by atomic mass is 10.1. The maximum absolute atomic E-state index is 12.6. The van der Waals surface area contributed by atoms with E-state index in [1.165, 1.54) is 41.2 Å². The van der Waals surface area contributed by atoms with Crippen molar-refractivity contribution in [1.82, 2.24) is 18.7 Å². The largest absolute Gasteiger partial charge is 0.373 e. The average Bonchev–Trinajstić information content (AvgIpc) is 3.34. The molecule has 1 unspecified atom stereocenters. The SMILES string of the molecule is Cn1cnc2c1c(=O)n(CCCCCCCCCC1CO1)c(=O)n2C. The van der Waals surface area contributed by atoms with Gasteiger partial charge in [0.2, 0.25) is 0 Å². The number of aryl methyl sites for hydroxylation is 2. The Morgan fingerprint density at radius 2 is 1.72 bits per heavy atom. The molecule has 1 atom stereocenters. The molecule has 3 heterocycles. The van der Waals surface area contributed by atoms with Gasteiger partial charge in [0.15, 0.2) is 11.2 Å². The second-order valence-electron chi connectivity index (χ2n) is 7.04. The number of rotatable bonds is 10. The normalized spacial score (nSPS) is 16.6. The molecular weight excluding hydrogens is 320 g/mol. The summed E-state index contributed by atoms with van der Waals surface area (Å²) in [7, 11) is 3.45. The molecule has 3 rings (SSSR count). The predicted octanol–water partition coefficient (Wildman–Crippen LogP) is 1.95. The number of nitrogens with zero attached hydrogens (tertiary/aromatic N) is 4.